The van der Waals surface area contributed by atoms with Gasteiger partial charge in [0.1, 0.15) is 0 Å². The molecule has 1 rings (SSSR count). The molecule has 0 bridgehead atoms. The highest BCUT2D eigenvalue weighted by atomic mass is 16.5. The Morgan fingerprint density at radius 2 is 2.23 bits per heavy atom. The number of ether oxygens (including phenoxy) is 1. The third-order valence-corrected chi connectivity index (χ3v) is 1.92. The van der Waals surface area contributed by atoms with E-state index < -0.39 is 5.41 Å². The molecule has 0 fully saturated rings. The van der Waals surface area contributed by atoms with Crippen LogP contribution in [-0.2, 0) is 5.41 Å². The summed E-state index contributed by atoms with van der Waals surface area (Å²) in [5.41, 5.74) is 0.263. The van der Waals surface area contributed by atoms with Crippen molar-refractivity contribution in [3.05, 3.63) is 23.9 Å². The molecule has 1 aromatic heterocycles. The molecular formula is C10H12N2O. The highest BCUT2D eigenvalue weighted by Gasteiger charge is 2.24. The Labute approximate surface area is 78.0 Å². The normalized spacial score (nSPS) is 10.6. The minimum atomic E-state index is -0.556. The number of pyridine rings is 1. The van der Waals surface area contributed by atoms with Gasteiger partial charge in [-0.1, -0.05) is 6.07 Å². The van der Waals surface area contributed by atoms with E-state index in [0.717, 1.165) is 5.56 Å². The first-order valence-corrected chi connectivity index (χ1v) is 4.02. The van der Waals surface area contributed by atoms with Crippen LogP contribution < -0.4 is 4.74 Å². The van der Waals surface area contributed by atoms with E-state index in [2.05, 4.69) is 11.1 Å². The molecule has 1 aromatic rings. The topological polar surface area (TPSA) is 45.9 Å². The standard InChI is InChI=1S/C10H12N2O/c1-10(2,7-11)8-5-4-6-12-9(8)13-3/h4-6H,1-3H3. The summed E-state index contributed by atoms with van der Waals surface area (Å²) < 4.78 is 5.07. The molecule has 0 saturated carbocycles. The van der Waals surface area contributed by atoms with Crippen LogP contribution in [0.5, 0.6) is 5.88 Å². The van der Waals surface area contributed by atoms with E-state index in [1.807, 2.05) is 19.9 Å². The van der Waals surface area contributed by atoms with E-state index in [1.165, 1.54) is 0 Å². The van der Waals surface area contributed by atoms with Gasteiger partial charge in [-0.2, -0.15) is 5.26 Å². The molecule has 0 unspecified atom stereocenters. The van der Waals surface area contributed by atoms with Crippen molar-refractivity contribution in [2.75, 3.05) is 7.11 Å². The number of methoxy groups -OCH3 is 1. The lowest BCUT2D eigenvalue weighted by Gasteiger charge is -2.17. The maximum Gasteiger partial charge on any atom is 0.217 e. The van der Waals surface area contributed by atoms with Crippen molar-refractivity contribution in [2.45, 2.75) is 19.3 Å². The van der Waals surface area contributed by atoms with E-state index in [1.54, 1.807) is 19.4 Å². The van der Waals surface area contributed by atoms with Crippen LogP contribution in [0.1, 0.15) is 19.4 Å². The van der Waals surface area contributed by atoms with Gasteiger partial charge in [0, 0.05) is 11.8 Å². The van der Waals surface area contributed by atoms with Crippen LogP contribution in [0.25, 0.3) is 0 Å². The quantitative estimate of drug-likeness (QED) is 0.691. The van der Waals surface area contributed by atoms with Crippen molar-refractivity contribution in [2.24, 2.45) is 0 Å². The van der Waals surface area contributed by atoms with Gasteiger partial charge in [0.2, 0.25) is 5.88 Å². The van der Waals surface area contributed by atoms with Gasteiger partial charge in [0.05, 0.1) is 18.6 Å². The molecule has 0 N–H and O–H groups in total. The van der Waals surface area contributed by atoms with Gasteiger partial charge in [0.15, 0.2) is 0 Å². The number of rotatable bonds is 2. The van der Waals surface area contributed by atoms with Gasteiger partial charge in [-0.25, -0.2) is 4.98 Å². The van der Waals surface area contributed by atoms with Gasteiger partial charge in [-0.15, -0.1) is 0 Å². The average Bonchev–Trinajstić information content (AvgIpc) is 2.18. The van der Waals surface area contributed by atoms with E-state index in [-0.39, 0.29) is 0 Å². The number of hydrogen-bond donors (Lipinski definition) is 0. The Morgan fingerprint density at radius 1 is 1.54 bits per heavy atom. The van der Waals surface area contributed by atoms with Crippen LogP contribution in [0.15, 0.2) is 18.3 Å². The first kappa shape index (κ1) is 9.53. The largest absolute Gasteiger partial charge is 0.481 e. The second-order valence-corrected chi connectivity index (χ2v) is 3.30. The highest BCUT2D eigenvalue weighted by molar-refractivity contribution is 5.37. The van der Waals surface area contributed by atoms with Crippen LogP contribution >= 0.6 is 0 Å². The number of aromatic nitrogens is 1. The van der Waals surface area contributed by atoms with Crippen LogP contribution in [0.3, 0.4) is 0 Å². The third-order valence-electron chi connectivity index (χ3n) is 1.92. The molecule has 0 atom stereocenters. The SMILES string of the molecule is COc1ncccc1C(C)(C)C#N. The van der Waals surface area contributed by atoms with E-state index in [9.17, 15) is 0 Å². The van der Waals surface area contributed by atoms with Crippen molar-refractivity contribution in [3.63, 3.8) is 0 Å². The van der Waals surface area contributed by atoms with Crippen LogP contribution in [0.4, 0.5) is 0 Å². The van der Waals surface area contributed by atoms with Gasteiger partial charge >= 0.3 is 0 Å². The first-order valence-electron chi connectivity index (χ1n) is 4.02. The average molecular weight is 176 g/mol. The molecule has 0 aliphatic heterocycles. The maximum atomic E-state index is 8.93. The summed E-state index contributed by atoms with van der Waals surface area (Å²) in [7, 11) is 1.55. The molecule has 68 valence electrons. The summed E-state index contributed by atoms with van der Waals surface area (Å²) in [6.07, 6.45) is 1.65. The highest BCUT2D eigenvalue weighted by Crippen LogP contribution is 2.28. The summed E-state index contributed by atoms with van der Waals surface area (Å²) in [6, 6.07) is 5.87. The van der Waals surface area contributed by atoms with Gasteiger partial charge in [0.25, 0.3) is 0 Å². The predicted octanol–water partition coefficient (Wildman–Crippen LogP) is 1.89. The lowest BCUT2D eigenvalue weighted by Crippen LogP contribution is -2.15. The monoisotopic (exact) mass is 176 g/mol. The van der Waals surface area contributed by atoms with Crippen LogP contribution in [0.2, 0.25) is 0 Å². The van der Waals surface area contributed by atoms with E-state index in [0.29, 0.717) is 5.88 Å². The summed E-state index contributed by atoms with van der Waals surface area (Å²) in [5.74, 6) is 0.522. The zero-order chi connectivity index (χ0) is 9.90. The minimum Gasteiger partial charge on any atom is -0.481 e. The zero-order valence-electron chi connectivity index (χ0n) is 8.03. The van der Waals surface area contributed by atoms with Gasteiger partial charge in [-0.3, -0.25) is 0 Å². The minimum absolute atomic E-state index is 0.522. The molecule has 0 radical (unpaired) electrons. The fourth-order valence-corrected chi connectivity index (χ4v) is 1.09. The zero-order valence-corrected chi connectivity index (χ0v) is 8.03. The number of nitrogens with zero attached hydrogens (tertiary/aromatic N) is 2. The Hall–Kier alpha value is -1.56. The molecule has 3 nitrogen and oxygen atoms in total. The summed E-state index contributed by atoms with van der Waals surface area (Å²) in [5, 5.41) is 8.93. The second-order valence-electron chi connectivity index (χ2n) is 3.30. The van der Waals surface area contributed by atoms with Crippen molar-refractivity contribution < 1.29 is 4.74 Å². The van der Waals surface area contributed by atoms with Gasteiger partial charge in [-0.05, 0) is 19.9 Å². The van der Waals surface area contributed by atoms with Crippen molar-refractivity contribution in [1.29, 1.82) is 5.26 Å². The second kappa shape index (κ2) is 3.44. The van der Waals surface area contributed by atoms with Crippen molar-refractivity contribution >= 4 is 0 Å². The fourth-order valence-electron chi connectivity index (χ4n) is 1.09. The molecule has 0 saturated heterocycles. The van der Waals surface area contributed by atoms with Crippen LogP contribution in [-0.4, -0.2) is 12.1 Å². The number of hydrogen-bond acceptors (Lipinski definition) is 3. The molecule has 0 aliphatic carbocycles. The van der Waals surface area contributed by atoms with Crippen molar-refractivity contribution in [1.82, 2.24) is 4.98 Å². The van der Waals surface area contributed by atoms with Crippen LogP contribution in [0, 0.1) is 11.3 Å². The Kier molecular flexibility index (Phi) is 2.52. The fraction of sp³-hybridized carbons (Fsp3) is 0.400. The molecule has 0 aliphatic rings. The molecule has 0 spiro atoms. The first-order chi connectivity index (χ1) is 6.11. The molecular weight excluding hydrogens is 164 g/mol. The Morgan fingerprint density at radius 3 is 2.77 bits per heavy atom. The summed E-state index contributed by atoms with van der Waals surface area (Å²) >= 11 is 0. The maximum absolute atomic E-state index is 8.93. The third kappa shape index (κ3) is 1.78. The molecule has 1 heterocycles. The van der Waals surface area contributed by atoms with Crippen molar-refractivity contribution in [3.8, 4) is 11.9 Å². The molecule has 0 amide bonds. The summed E-state index contributed by atoms with van der Waals surface area (Å²) in [4.78, 5) is 4.04. The number of nitriles is 1. The lowest BCUT2D eigenvalue weighted by atomic mass is 9.87. The molecule has 13 heavy (non-hydrogen) atoms. The van der Waals surface area contributed by atoms with Gasteiger partial charge < -0.3 is 4.74 Å². The predicted molar refractivity (Wildman–Crippen MR) is 49.4 cm³/mol. The summed E-state index contributed by atoms with van der Waals surface area (Å²) in [6.45, 7) is 3.68. The Balaban J connectivity index is 3.22. The van der Waals surface area contributed by atoms with E-state index >= 15 is 0 Å². The molecule has 0 aromatic carbocycles. The lowest BCUT2D eigenvalue weighted by molar-refractivity contribution is 0.385. The molecule has 3 heteroatoms. The van der Waals surface area contributed by atoms with E-state index in [4.69, 9.17) is 10.00 Å². The Bertz CT molecular complexity index is 339. The smallest absolute Gasteiger partial charge is 0.217 e.